The van der Waals surface area contributed by atoms with E-state index in [0.717, 1.165) is 18.4 Å². The van der Waals surface area contributed by atoms with E-state index in [1.165, 1.54) is 6.07 Å². The van der Waals surface area contributed by atoms with E-state index in [2.05, 4.69) is 19.2 Å². The first-order valence-corrected chi connectivity index (χ1v) is 7.61. The average Bonchev–Trinajstić information content (AvgIpc) is 2.78. The van der Waals surface area contributed by atoms with Crippen molar-refractivity contribution in [1.82, 2.24) is 0 Å². The quantitative estimate of drug-likeness (QED) is 0.870. The zero-order valence-corrected chi connectivity index (χ0v) is 13.1. The van der Waals surface area contributed by atoms with Gasteiger partial charge in [0, 0.05) is 28.4 Å². The van der Waals surface area contributed by atoms with Crippen molar-refractivity contribution in [3.63, 3.8) is 0 Å². The van der Waals surface area contributed by atoms with Gasteiger partial charge >= 0.3 is 0 Å². The number of hydrogen-bond acceptors (Lipinski definition) is 4. The molecule has 1 aromatic rings. The SMILES string of the molecule is CC1(C)[C@@H]2CC[C@@]1(C)C(=O)C2=CNc1ccccc1C(=O)[O-]. The Bertz CT molecular complexity index is 689. The molecule has 4 nitrogen and oxygen atoms in total. The minimum atomic E-state index is -1.23. The Kier molecular flexibility index (Phi) is 3.17. The van der Waals surface area contributed by atoms with Gasteiger partial charge in [-0.15, -0.1) is 0 Å². The molecule has 2 atom stereocenters. The Morgan fingerprint density at radius 3 is 2.59 bits per heavy atom. The van der Waals surface area contributed by atoms with Crippen LogP contribution in [0.2, 0.25) is 0 Å². The molecule has 0 aromatic heterocycles. The standard InChI is InChI=1S/C18H21NO3/c1-17(2)13-8-9-18(17,3)15(20)12(13)10-19-14-7-5-4-6-11(14)16(21)22/h4-7,10,13,19H,8-9H2,1-3H3,(H,21,22)/p-1/t13-,18+/m1/s1. The Morgan fingerprint density at radius 1 is 1.32 bits per heavy atom. The summed E-state index contributed by atoms with van der Waals surface area (Å²) in [5.41, 5.74) is 0.978. The van der Waals surface area contributed by atoms with E-state index in [1.807, 2.05) is 6.92 Å². The second-order valence-corrected chi connectivity index (χ2v) is 7.05. The third kappa shape index (κ3) is 1.83. The van der Waals surface area contributed by atoms with Crippen molar-refractivity contribution < 1.29 is 14.7 Å². The Morgan fingerprint density at radius 2 is 2.00 bits per heavy atom. The number of carboxylic acids is 1. The van der Waals surface area contributed by atoms with E-state index < -0.39 is 5.97 Å². The average molecular weight is 298 g/mol. The van der Waals surface area contributed by atoms with Crippen molar-refractivity contribution >= 4 is 17.4 Å². The molecule has 0 aliphatic heterocycles. The van der Waals surface area contributed by atoms with Gasteiger partial charge in [0.25, 0.3) is 0 Å². The predicted molar refractivity (Wildman–Crippen MR) is 82.1 cm³/mol. The first-order chi connectivity index (χ1) is 10.3. The van der Waals surface area contributed by atoms with E-state index in [1.54, 1.807) is 24.4 Å². The smallest absolute Gasteiger partial charge is 0.167 e. The molecule has 0 amide bonds. The largest absolute Gasteiger partial charge is 0.545 e. The molecule has 4 heteroatoms. The lowest BCUT2D eigenvalue weighted by Gasteiger charge is -2.31. The number of fused-ring (bicyclic) bond motifs is 2. The van der Waals surface area contributed by atoms with Crippen molar-refractivity contribution in [3.8, 4) is 0 Å². The zero-order chi connectivity index (χ0) is 16.1. The number of nitrogens with one attached hydrogen (secondary N) is 1. The van der Waals surface area contributed by atoms with Crippen molar-refractivity contribution in [2.75, 3.05) is 5.32 Å². The lowest BCUT2D eigenvalue weighted by molar-refractivity contribution is -0.254. The molecule has 2 aliphatic carbocycles. The van der Waals surface area contributed by atoms with Crippen LogP contribution in [0.4, 0.5) is 5.69 Å². The maximum Gasteiger partial charge on any atom is 0.167 e. The van der Waals surface area contributed by atoms with Gasteiger partial charge in [0.15, 0.2) is 5.78 Å². The molecule has 0 saturated heterocycles. The number of ketones is 1. The highest BCUT2D eigenvalue weighted by Gasteiger charge is 2.63. The van der Waals surface area contributed by atoms with Gasteiger partial charge in [-0.25, -0.2) is 0 Å². The normalized spacial score (nSPS) is 30.8. The van der Waals surface area contributed by atoms with Crippen LogP contribution in [0, 0.1) is 16.7 Å². The van der Waals surface area contributed by atoms with Crippen molar-refractivity contribution in [3.05, 3.63) is 41.6 Å². The lowest BCUT2D eigenvalue weighted by atomic mass is 9.70. The maximum atomic E-state index is 12.7. The molecule has 116 valence electrons. The van der Waals surface area contributed by atoms with Crippen LogP contribution < -0.4 is 10.4 Å². The third-order valence-corrected chi connectivity index (χ3v) is 5.90. The molecular formula is C18H20NO3-. The molecule has 1 N–H and O–H groups in total. The summed E-state index contributed by atoms with van der Waals surface area (Å²) >= 11 is 0. The molecule has 0 radical (unpaired) electrons. The van der Waals surface area contributed by atoms with E-state index in [0.29, 0.717) is 5.69 Å². The second-order valence-electron chi connectivity index (χ2n) is 7.05. The number of benzene rings is 1. The number of carboxylic acid groups (broad SMARTS) is 1. The van der Waals surface area contributed by atoms with Crippen molar-refractivity contribution in [2.24, 2.45) is 16.7 Å². The predicted octanol–water partition coefficient (Wildman–Crippen LogP) is 2.37. The second kappa shape index (κ2) is 4.70. The van der Waals surface area contributed by atoms with E-state index >= 15 is 0 Å². The Labute approximate surface area is 130 Å². The number of carbonyl (C=O) groups is 2. The summed E-state index contributed by atoms with van der Waals surface area (Å²) in [7, 11) is 0. The van der Waals surface area contributed by atoms with Crippen LogP contribution in [0.1, 0.15) is 44.0 Å². The van der Waals surface area contributed by atoms with Crippen LogP contribution >= 0.6 is 0 Å². The first-order valence-electron chi connectivity index (χ1n) is 7.61. The summed E-state index contributed by atoms with van der Waals surface area (Å²) in [4.78, 5) is 23.8. The number of Topliss-reactive ketones (excluding diaryl/α,β-unsaturated/α-hetero) is 1. The number of carbonyl (C=O) groups excluding carboxylic acids is 2. The lowest BCUT2D eigenvalue weighted by Crippen LogP contribution is -2.32. The maximum absolute atomic E-state index is 12.7. The van der Waals surface area contributed by atoms with Crippen LogP contribution in [0.15, 0.2) is 36.0 Å². The topological polar surface area (TPSA) is 69.2 Å². The van der Waals surface area contributed by atoms with Crippen LogP contribution in [0.3, 0.4) is 0 Å². The van der Waals surface area contributed by atoms with E-state index in [4.69, 9.17) is 0 Å². The molecule has 3 rings (SSSR count). The number of rotatable bonds is 3. The summed E-state index contributed by atoms with van der Waals surface area (Å²) < 4.78 is 0. The minimum Gasteiger partial charge on any atom is -0.545 e. The summed E-state index contributed by atoms with van der Waals surface area (Å²) in [6.07, 6.45) is 3.63. The van der Waals surface area contributed by atoms with E-state index in [9.17, 15) is 14.7 Å². The van der Waals surface area contributed by atoms with Gasteiger partial charge in [-0.05, 0) is 30.2 Å². The summed E-state index contributed by atoms with van der Waals surface area (Å²) in [5, 5.41) is 14.1. The molecule has 2 bridgehead atoms. The number of hydrogen-bond donors (Lipinski definition) is 1. The van der Waals surface area contributed by atoms with Crippen molar-refractivity contribution in [2.45, 2.75) is 33.6 Å². The fourth-order valence-electron chi connectivity index (χ4n) is 4.04. The molecule has 0 spiro atoms. The monoisotopic (exact) mass is 298 g/mol. The Balaban J connectivity index is 1.93. The van der Waals surface area contributed by atoms with Gasteiger partial charge in [0.05, 0.1) is 5.97 Å². The Hall–Kier alpha value is -2.10. The summed E-state index contributed by atoms with van der Waals surface area (Å²) in [6, 6.07) is 6.56. The molecule has 2 saturated carbocycles. The number of anilines is 1. The van der Waals surface area contributed by atoms with Gasteiger partial charge in [0.1, 0.15) is 0 Å². The van der Waals surface area contributed by atoms with E-state index in [-0.39, 0.29) is 28.1 Å². The number of allylic oxidation sites excluding steroid dienone is 1. The molecule has 1 aromatic carbocycles. The summed E-state index contributed by atoms with van der Waals surface area (Å²) in [5.74, 6) is -0.812. The summed E-state index contributed by atoms with van der Waals surface area (Å²) in [6.45, 7) is 6.35. The third-order valence-electron chi connectivity index (χ3n) is 5.90. The molecular weight excluding hydrogens is 278 g/mol. The highest BCUT2D eigenvalue weighted by atomic mass is 16.4. The van der Waals surface area contributed by atoms with Crippen molar-refractivity contribution in [1.29, 1.82) is 0 Å². The van der Waals surface area contributed by atoms with Gasteiger partial charge in [0.2, 0.25) is 0 Å². The number of para-hydroxylation sites is 1. The van der Waals surface area contributed by atoms with Gasteiger partial charge in [-0.1, -0.05) is 39.0 Å². The van der Waals surface area contributed by atoms with Crippen LogP contribution in [-0.4, -0.2) is 11.8 Å². The highest BCUT2D eigenvalue weighted by Crippen LogP contribution is 2.65. The molecule has 0 unspecified atom stereocenters. The molecule has 2 fully saturated rings. The van der Waals surface area contributed by atoms with Gasteiger partial charge < -0.3 is 15.2 Å². The molecule has 0 heterocycles. The highest BCUT2D eigenvalue weighted by molar-refractivity contribution is 6.05. The van der Waals surface area contributed by atoms with Gasteiger partial charge in [-0.3, -0.25) is 4.79 Å². The number of aromatic carboxylic acids is 1. The minimum absolute atomic E-state index is 0.0501. The molecule has 2 aliphatic rings. The van der Waals surface area contributed by atoms with Crippen LogP contribution in [0.25, 0.3) is 0 Å². The fourth-order valence-corrected chi connectivity index (χ4v) is 4.04. The van der Waals surface area contributed by atoms with Crippen LogP contribution in [0.5, 0.6) is 0 Å². The zero-order valence-electron chi connectivity index (χ0n) is 13.1. The first kappa shape index (κ1) is 14.8. The molecule has 22 heavy (non-hydrogen) atoms. The van der Waals surface area contributed by atoms with Gasteiger partial charge in [-0.2, -0.15) is 0 Å². The fraction of sp³-hybridized carbons (Fsp3) is 0.444. The van der Waals surface area contributed by atoms with Crippen LogP contribution in [-0.2, 0) is 4.79 Å².